The third kappa shape index (κ3) is 49.9. The molecule has 0 aliphatic rings. The molecule has 0 amide bonds. The van der Waals surface area contributed by atoms with E-state index < -0.39 is 12.1 Å². The first-order chi connectivity index (χ1) is 31.5. The molecule has 0 radical (unpaired) electrons. The lowest BCUT2D eigenvalue weighted by Gasteiger charge is -2.18. The molecule has 1 unspecified atom stereocenters. The van der Waals surface area contributed by atoms with Crippen molar-refractivity contribution < 1.29 is 28.6 Å². The smallest absolute Gasteiger partial charge is 0.306 e. The van der Waals surface area contributed by atoms with Gasteiger partial charge in [0.1, 0.15) is 13.2 Å². The van der Waals surface area contributed by atoms with E-state index in [4.69, 9.17) is 14.2 Å². The molecule has 64 heavy (non-hydrogen) atoms. The zero-order valence-electron chi connectivity index (χ0n) is 42.0. The molecule has 0 saturated carbocycles. The van der Waals surface area contributed by atoms with Crippen LogP contribution in [0.5, 0.6) is 0 Å². The van der Waals surface area contributed by atoms with Crippen molar-refractivity contribution in [3.8, 4) is 0 Å². The standard InChI is InChI=1S/C58H100O6/c1-4-7-10-13-16-18-20-22-23-24-25-26-27-28-29-30-31-32-33-34-35-37-38-40-42-45-48-51-57(60)63-54-55(53-62-56(59)50-47-44-15-12-9-6-3)64-58(61)52-49-46-43-41-39-36-21-19-17-14-11-8-5-2/h8,11,17,19-20,22,24-25,36,39,43,46,55H,4-7,9-10,12-16,18,21,23,26-35,37-38,40-42,44-45,47-54H2,1-3H3/b11-8-,19-17-,22-20-,25-24-,39-36-,46-43-. The van der Waals surface area contributed by atoms with Gasteiger partial charge in [-0.15, -0.1) is 0 Å². The molecular formula is C58H100O6. The summed E-state index contributed by atoms with van der Waals surface area (Å²) in [5, 5.41) is 0. The van der Waals surface area contributed by atoms with Crippen molar-refractivity contribution in [1.29, 1.82) is 0 Å². The Morgan fingerprint density at radius 2 is 0.641 bits per heavy atom. The molecule has 0 aromatic heterocycles. The van der Waals surface area contributed by atoms with E-state index in [9.17, 15) is 14.4 Å². The van der Waals surface area contributed by atoms with E-state index in [-0.39, 0.29) is 31.6 Å². The Morgan fingerprint density at radius 1 is 0.328 bits per heavy atom. The molecular weight excluding hydrogens is 793 g/mol. The number of allylic oxidation sites excluding steroid dienone is 12. The van der Waals surface area contributed by atoms with Gasteiger partial charge in [0.05, 0.1) is 0 Å². The second kappa shape index (κ2) is 52.5. The summed E-state index contributed by atoms with van der Waals surface area (Å²) in [6.45, 7) is 6.39. The van der Waals surface area contributed by atoms with Crippen LogP contribution in [-0.4, -0.2) is 37.2 Å². The van der Waals surface area contributed by atoms with Crippen LogP contribution >= 0.6 is 0 Å². The van der Waals surface area contributed by atoms with E-state index in [1.807, 2.05) is 12.2 Å². The van der Waals surface area contributed by atoms with Crippen molar-refractivity contribution in [3.05, 3.63) is 72.9 Å². The molecule has 0 heterocycles. The van der Waals surface area contributed by atoms with Crippen LogP contribution in [-0.2, 0) is 28.6 Å². The predicted octanol–water partition coefficient (Wildman–Crippen LogP) is 17.8. The van der Waals surface area contributed by atoms with Crippen LogP contribution in [0.15, 0.2) is 72.9 Å². The van der Waals surface area contributed by atoms with Crippen LogP contribution < -0.4 is 0 Å². The summed E-state index contributed by atoms with van der Waals surface area (Å²) in [4.78, 5) is 37.7. The molecule has 0 bridgehead atoms. The first kappa shape index (κ1) is 60.9. The molecule has 0 N–H and O–H groups in total. The number of carbonyl (C=O) groups excluding carboxylic acids is 3. The zero-order valence-corrected chi connectivity index (χ0v) is 42.0. The highest BCUT2D eigenvalue weighted by molar-refractivity contribution is 5.71. The molecule has 0 aliphatic carbocycles. The summed E-state index contributed by atoms with van der Waals surface area (Å²) < 4.78 is 16.6. The third-order valence-electron chi connectivity index (χ3n) is 11.5. The minimum atomic E-state index is -0.808. The lowest BCUT2D eigenvalue weighted by Crippen LogP contribution is -2.30. The molecule has 0 rings (SSSR count). The number of unbranched alkanes of at least 4 members (excludes halogenated alkanes) is 25. The maximum absolute atomic E-state index is 12.7. The maximum Gasteiger partial charge on any atom is 0.306 e. The highest BCUT2D eigenvalue weighted by Gasteiger charge is 2.19. The molecule has 0 aromatic carbocycles. The molecule has 6 heteroatoms. The van der Waals surface area contributed by atoms with E-state index in [1.165, 1.54) is 141 Å². The molecule has 6 nitrogen and oxygen atoms in total. The number of esters is 3. The fourth-order valence-electron chi connectivity index (χ4n) is 7.43. The molecule has 368 valence electrons. The first-order valence-corrected chi connectivity index (χ1v) is 26.9. The number of ether oxygens (including phenoxy) is 3. The number of hydrogen-bond acceptors (Lipinski definition) is 6. The van der Waals surface area contributed by atoms with Crippen LogP contribution in [0, 0.1) is 0 Å². The van der Waals surface area contributed by atoms with Crippen molar-refractivity contribution in [2.24, 2.45) is 0 Å². The van der Waals surface area contributed by atoms with Crippen molar-refractivity contribution >= 4 is 17.9 Å². The lowest BCUT2D eigenvalue weighted by molar-refractivity contribution is -0.166. The Morgan fingerprint density at radius 3 is 1.02 bits per heavy atom. The molecule has 0 saturated heterocycles. The quantitative estimate of drug-likeness (QED) is 0.0262. The normalized spacial score (nSPS) is 12.6. The summed E-state index contributed by atoms with van der Waals surface area (Å²) in [7, 11) is 0. The Kier molecular flexibility index (Phi) is 49.9. The van der Waals surface area contributed by atoms with Gasteiger partial charge < -0.3 is 14.2 Å². The van der Waals surface area contributed by atoms with Gasteiger partial charge in [-0.25, -0.2) is 0 Å². The Balaban J connectivity index is 4.10. The predicted molar refractivity (Wildman–Crippen MR) is 274 cm³/mol. The second-order valence-corrected chi connectivity index (χ2v) is 17.8. The van der Waals surface area contributed by atoms with Gasteiger partial charge in [0.2, 0.25) is 0 Å². The lowest BCUT2D eigenvalue weighted by atomic mass is 10.0. The average molecular weight is 893 g/mol. The second-order valence-electron chi connectivity index (χ2n) is 17.8. The number of hydrogen-bond donors (Lipinski definition) is 0. The number of rotatable bonds is 48. The molecule has 0 aliphatic heterocycles. The van der Waals surface area contributed by atoms with E-state index in [1.54, 1.807) is 0 Å². The minimum absolute atomic E-state index is 0.103. The zero-order chi connectivity index (χ0) is 46.5. The van der Waals surface area contributed by atoms with Gasteiger partial charge >= 0.3 is 17.9 Å². The van der Waals surface area contributed by atoms with Crippen molar-refractivity contribution in [2.75, 3.05) is 13.2 Å². The van der Waals surface area contributed by atoms with Gasteiger partial charge in [-0.05, 0) is 77.0 Å². The minimum Gasteiger partial charge on any atom is -0.462 e. The fraction of sp³-hybridized carbons (Fsp3) is 0.741. The summed E-state index contributed by atoms with van der Waals surface area (Å²) in [5.74, 6) is -0.993. The average Bonchev–Trinajstić information content (AvgIpc) is 3.29. The summed E-state index contributed by atoms with van der Waals surface area (Å²) in [6, 6.07) is 0. The van der Waals surface area contributed by atoms with Gasteiger partial charge in [0.25, 0.3) is 0 Å². The fourth-order valence-corrected chi connectivity index (χ4v) is 7.43. The number of carbonyl (C=O) groups is 3. The topological polar surface area (TPSA) is 78.9 Å². The third-order valence-corrected chi connectivity index (χ3v) is 11.5. The highest BCUT2D eigenvalue weighted by Crippen LogP contribution is 2.15. The largest absolute Gasteiger partial charge is 0.462 e. The van der Waals surface area contributed by atoms with Crippen molar-refractivity contribution in [2.45, 2.75) is 264 Å². The van der Waals surface area contributed by atoms with Gasteiger partial charge in [0, 0.05) is 19.3 Å². The van der Waals surface area contributed by atoms with Gasteiger partial charge in [-0.1, -0.05) is 235 Å². The Bertz CT molecular complexity index is 1210. The highest BCUT2D eigenvalue weighted by atomic mass is 16.6. The molecule has 0 aromatic rings. The summed E-state index contributed by atoms with van der Waals surface area (Å²) in [6.07, 6.45) is 66.7. The first-order valence-electron chi connectivity index (χ1n) is 26.9. The maximum atomic E-state index is 12.7. The summed E-state index contributed by atoms with van der Waals surface area (Å²) >= 11 is 0. The SMILES string of the molecule is CC/C=C\C/C=C\C/C=C\C/C=C\CCC(=O)OC(COC(=O)CCCCCCCC)COC(=O)CCCCCCCCCCCCCCCCC/C=C\C/C=C\CCCCCCC. The van der Waals surface area contributed by atoms with Crippen LogP contribution in [0.4, 0.5) is 0 Å². The van der Waals surface area contributed by atoms with Crippen molar-refractivity contribution in [3.63, 3.8) is 0 Å². The molecule has 0 fully saturated rings. The summed E-state index contributed by atoms with van der Waals surface area (Å²) in [5.41, 5.74) is 0. The van der Waals surface area contributed by atoms with E-state index >= 15 is 0 Å². The van der Waals surface area contributed by atoms with Crippen LogP contribution in [0.25, 0.3) is 0 Å². The van der Waals surface area contributed by atoms with Gasteiger partial charge in [-0.3, -0.25) is 14.4 Å². The molecule has 1 atom stereocenters. The monoisotopic (exact) mass is 893 g/mol. The van der Waals surface area contributed by atoms with Gasteiger partial charge in [0.15, 0.2) is 6.10 Å². The van der Waals surface area contributed by atoms with Crippen LogP contribution in [0.3, 0.4) is 0 Å². The van der Waals surface area contributed by atoms with E-state index in [0.717, 1.165) is 70.6 Å². The Hall–Kier alpha value is -3.15. The molecule has 0 spiro atoms. The van der Waals surface area contributed by atoms with Crippen LogP contribution in [0.1, 0.15) is 258 Å². The Labute approximate surface area is 395 Å². The van der Waals surface area contributed by atoms with E-state index in [0.29, 0.717) is 19.3 Å². The van der Waals surface area contributed by atoms with Crippen LogP contribution in [0.2, 0.25) is 0 Å². The van der Waals surface area contributed by atoms with Crippen molar-refractivity contribution in [1.82, 2.24) is 0 Å². The van der Waals surface area contributed by atoms with Gasteiger partial charge in [-0.2, -0.15) is 0 Å². The van der Waals surface area contributed by atoms with E-state index in [2.05, 4.69) is 81.5 Å².